The predicted octanol–water partition coefficient (Wildman–Crippen LogP) is 1.14. The summed E-state index contributed by atoms with van der Waals surface area (Å²) in [6.07, 6.45) is 2.79. The number of carbonyl (C=O) groups excluding carboxylic acids is 1. The minimum Gasteiger partial charge on any atom is -0.353 e. The average Bonchev–Trinajstić information content (AvgIpc) is 3.23. The molecule has 5 nitrogen and oxygen atoms in total. The maximum atomic E-state index is 13.4. The van der Waals surface area contributed by atoms with Crippen molar-refractivity contribution in [1.82, 2.24) is 20.2 Å². The maximum absolute atomic E-state index is 13.4. The topological polar surface area (TPSA) is 59.0 Å². The van der Waals surface area contributed by atoms with E-state index in [-0.39, 0.29) is 17.8 Å². The van der Waals surface area contributed by atoms with Crippen LogP contribution in [0.1, 0.15) is 24.7 Å². The molecular weight excluding hydrogens is 271 g/mol. The number of piperazine rings is 1. The molecule has 110 valence electrons. The molecule has 1 aliphatic heterocycles. The van der Waals surface area contributed by atoms with Gasteiger partial charge >= 0.3 is 0 Å². The van der Waals surface area contributed by atoms with Gasteiger partial charge in [-0.2, -0.15) is 0 Å². The number of carbonyl (C=O) groups is 1. The second-order valence-corrected chi connectivity index (χ2v) is 5.76. The summed E-state index contributed by atoms with van der Waals surface area (Å²) in [7, 11) is 0. The zero-order valence-electron chi connectivity index (χ0n) is 11.6. The van der Waals surface area contributed by atoms with E-state index in [2.05, 4.69) is 20.2 Å². The van der Waals surface area contributed by atoms with Crippen molar-refractivity contribution in [2.45, 2.75) is 31.3 Å². The zero-order valence-corrected chi connectivity index (χ0v) is 11.6. The van der Waals surface area contributed by atoms with Crippen LogP contribution in [0.3, 0.4) is 0 Å². The Balaban J connectivity index is 1.73. The normalized spacial score (nSPS) is 22.5. The van der Waals surface area contributed by atoms with E-state index in [4.69, 9.17) is 0 Å². The van der Waals surface area contributed by atoms with Crippen molar-refractivity contribution in [3.8, 4) is 0 Å². The van der Waals surface area contributed by atoms with Crippen LogP contribution in [-0.2, 0) is 11.2 Å². The van der Waals surface area contributed by atoms with Gasteiger partial charge in [-0.1, -0.05) is 0 Å². The van der Waals surface area contributed by atoms with Crippen LogP contribution in [0, 0.1) is 5.82 Å². The number of nitrogens with zero attached hydrogens (tertiary/aromatic N) is 2. The van der Waals surface area contributed by atoms with Gasteiger partial charge in [-0.05, 0) is 25.0 Å². The molecule has 0 spiro atoms. The summed E-state index contributed by atoms with van der Waals surface area (Å²) in [4.78, 5) is 16.5. The summed E-state index contributed by atoms with van der Waals surface area (Å²) < 4.78 is 15.6. The Morgan fingerprint density at radius 2 is 2.19 bits per heavy atom. The highest BCUT2D eigenvalue weighted by Crippen LogP contribution is 2.39. The summed E-state index contributed by atoms with van der Waals surface area (Å²) in [5.41, 5.74) is 1.64. The number of hydrogen-bond donors (Lipinski definition) is 2. The van der Waals surface area contributed by atoms with E-state index < -0.39 is 0 Å². The molecular formula is C15H17FN4O. The number of halogens is 1. The molecule has 2 fully saturated rings. The standard InChI is InChI=1S/C15H17FN4O/c16-9-1-4-13-11(7-9)19-14(20(13)10-2-3-10)8-12-15(21)18-6-5-17-12/h1,4,7,10,12,17H,2-3,5-6,8H2,(H,18,21). The maximum Gasteiger partial charge on any atom is 0.237 e. The Kier molecular flexibility index (Phi) is 2.92. The van der Waals surface area contributed by atoms with E-state index in [1.54, 1.807) is 6.07 Å². The number of rotatable bonds is 3. The van der Waals surface area contributed by atoms with Crippen LogP contribution >= 0.6 is 0 Å². The van der Waals surface area contributed by atoms with Gasteiger partial charge in [0.05, 0.1) is 17.1 Å². The third-order valence-corrected chi connectivity index (χ3v) is 4.15. The third-order valence-electron chi connectivity index (χ3n) is 4.15. The molecule has 1 saturated carbocycles. The summed E-state index contributed by atoms with van der Waals surface area (Å²) in [6.45, 7) is 1.44. The predicted molar refractivity (Wildman–Crippen MR) is 76.5 cm³/mol. The van der Waals surface area contributed by atoms with Gasteiger partial charge in [-0.25, -0.2) is 9.37 Å². The van der Waals surface area contributed by atoms with Gasteiger partial charge in [0.2, 0.25) is 5.91 Å². The molecule has 2 aromatic rings. The summed E-state index contributed by atoms with van der Waals surface area (Å²) in [5.74, 6) is 0.609. The molecule has 2 heterocycles. The molecule has 2 aliphatic rings. The SMILES string of the molecule is O=C1NCCNC1Cc1nc2cc(F)ccc2n1C1CC1. The van der Waals surface area contributed by atoms with Crippen molar-refractivity contribution in [3.63, 3.8) is 0 Å². The zero-order chi connectivity index (χ0) is 14.4. The molecule has 1 atom stereocenters. The Hall–Kier alpha value is -1.95. The Bertz CT molecular complexity index is 707. The van der Waals surface area contributed by atoms with Crippen molar-refractivity contribution in [1.29, 1.82) is 0 Å². The molecule has 1 unspecified atom stereocenters. The second kappa shape index (κ2) is 4.80. The molecule has 6 heteroatoms. The molecule has 1 aliphatic carbocycles. The first-order valence-corrected chi connectivity index (χ1v) is 7.40. The van der Waals surface area contributed by atoms with Crippen molar-refractivity contribution in [2.75, 3.05) is 13.1 Å². The molecule has 1 aromatic carbocycles. The Morgan fingerprint density at radius 1 is 1.33 bits per heavy atom. The molecule has 4 rings (SSSR count). The first-order valence-electron chi connectivity index (χ1n) is 7.40. The van der Waals surface area contributed by atoms with Gasteiger partial charge in [-0.15, -0.1) is 0 Å². The molecule has 1 saturated heterocycles. The van der Waals surface area contributed by atoms with Crippen molar-refractivity contribution >= 4 is 16.9 Å². The number of nitrogens with one attached hydrogen (secondary N) is 2. The van der Waals surface area contributed by atoms with Crippen molar-refractivity contribution < 1.29 is 9.18 Å². The lowest BCUT2D eigenvalue weighted by molar-refractivity contribution is -0.124. The summed E-state index contributed by atoms with van der Waals surface area (Å²) >= 11 is 0. The number of benzene rings is 1. The lowest BCUT2D eigenvalue weighted by Crippen LogP contribution is -2.54. The summed E-state index contributed by atoms with van der Waals surface area (Å²) in [6, 6.07) is 4.91. The van der Waals surface area contributed by atoms with Crippen LogP contribution in [0.2, 0.25) is 0 Å². The lowest BCUT2D eigenvalue weighted by Gasteiger charge is -2.23. The fraction of sp³-hybridized carbons (Fsp3) is 0.467. The second-order valence-electron chi connectivity index (χ2n) is 5.76. The highest BCUT2D eigenvalue weighted by molar-refractivity contribution is 5.83. The van der Waals surface area contributed by atoms with Crippen LogP contribution in [-0.4, -0.2) is 34.6 Å². The van der Waals surface area contributed by atoms with Gasteiger partial charge in [-0.3, -0.25) is 4.79 Å². The van der Waals surface area contributed by atoms with E-state index in [1.807, 2.05) is 0 Å². The molecule has 2 N–H and O–H groups in total. The van der Waals surface area contributed by atoms with Crippen LogP contribution in [0.5, 0.6) is 0 Å². The number of amides is 1. The summed E-state index contributed by atoms with van der Waals surface area (Å²) in [5, 5.41) is 6.08. The monoisotopic (exact) mass is 288 g/mol. The van der Waals surface area contributed by atoms with E-state index in [0.29, 0.717) is 24.5 Å². The first-order chi connectivity index (χ1) is 10.2. The van der Waals surface area contributed by atoms with Crippen molar-refractivity contribution in [2.24, 2.45) is 0 Å². The molecule has 0 bridgehead atoms. The minimum absolute atomic E-state index is 0.0156. The van der Waals surface area contributed by atoms with Gasteiger partial charge in [0.25, 0.3) is 0 Å². The fourth-order valence-electron chi connectivity index (χ4n) is 3.00. The van der Waals surface area contributed by atoms with Crippen LogP contribution in [0.15, 0.2) is 18.2 Å². The quantitative estimate of drug-likeness (QED) is 0.890. The lowest BCUT2D eigenvalue weighted by atomic mass is 10.1. The van der Waals surface area contributed by atoms with Gasteiger partial charge < -0.3 is 15.2 Å². The Morgan fingerprint density at radius 3 is 2.95 bits per heavy atom. The number of imidazole rings is 1. The molecule has 1 amide bonds. The largest absolute Gasteiger partial charge is 0.353 e. The Labute approximate surface area is 121 Å². The smallest absolute Gasteiger partial charge is 0.237 e. The van der Waals surface area contributed by atoms with Gasteiger partial charge in [0.1, 0.15) is 11.6 Å². The van der Waals surface area contributed by atoms with Crippen LogP contribution in [0.4, 0.5) is 4.39 Å². The van der Waals surface area contributed by atoms with E-state index >= 15 is 0 Å². The fourth-order valence-corrected chi connectivity index (χ4v) is 3.00. The minimum atomic E-state index is -0.275. The van der Waals surface area contributed by atoms with Gasteiger partial charge in [0, 0.05) is 31.6 Å². The third kappa shape index (κ3) is 2.29. The van der Waals surface area contributed by atoms with E-state index in [1.165, 1.54) is 12.1 Å². The van der Waals surface area contributed by atoms with Crippen LogP contribution in [0.25, 0.3) is 11.0 Å². The average molecular weight is 288 g/mol. The van der Waals surface area contributed by atoms with Crippen molar-refractivity contribution in [3.05, 3.63) is 29.8 Å². The number of fused-ring (bicyclic) bond motifs is 1. The van der Waals surface area contributed by atoms with E-state index in [9.17, 15) is 9.18 Å². The first kappa shape index (κ1) is 12.8. The van der Waals surface area contributed by atoms with E-state index in [0.717, 1.165) is 30.7 Å². The molecule has 0 radical (unpaired) electrons. The highest BCUT2D eigenvalue weighted by atomic mass is 19.1. The van der Waals surface area contributed by atoms with Gasteiger partial charge in [0.15, 0.2) is 0 Å². The number of aromatic nitrogens is 2. The molecule has 21 heavy (non-hydrogen) atoms. The van der Waals surface area contributed by atoms with Crippen LogP contribution < -0.4 is 10.6 Å². The number of hydrogen-bond acceptors (Lipinski definition) is 3. The highest BCUT2D eigenvalue weighted by Gasteiger charge is 2.31. The molecule has 1 aromatic heterocycles.